The van der Waals surface area contributed by atoms with E-state index >= 15 is 0 Å². The molecule has 0 spiro atoms. The number of imidazole rings is 1. The molecule has 0 unspecified atom stereocenters. The lowest BCUT2D eigenvalue weighted by Crippen LogP contribution is -2.44. The lowest BCUT2D eigenvalue weighted by atomic mass is 9.86. The molecule has 2 aliphatic rings. The minimum absolute atomic E-state index is 0.00137. The normalized spacial score (nSPS) is 25.9. The maximum atomic E-state index is 13.2. The fourth-order valence-corrected chi connectivity index (χ4v) is 6.73. The molecule has 0 radical (unpaired) electrons. The standard InChI is InChI=1S/C23H31ClFN5O4S/c1-14-13-30(35(33,34)11-9-20(32)27-16-3-5-17(31)6-4-16)10-8-18(14)21-22(24)29-23(28-21)19-7-2-15(25)12-26-19/h2,7,12,14,16-18,31H,3-6,8-11,13H2,1H3,(H,27,32)(H,28,29)/t14-,16?,17?,18+/m0/s1. The maximum absolute atomic E-state index is 13.2. The highest BCUT2D eigenvalue weighted by atomic mass is 35.5. The minimum Gasteiger partial charge on any atom is -0.393 e. The Labute approximate surface area is 209 Å². The molecule has 1 saturated heterocycles. The van der Waals surface area contributed by atoms with Crippen LogP contribution in [0.2, 0.25) is 5.15 Å². The van der Waals surface area contributed by atoms with E-state index in [-0.39, 0.29) is 42.1 Å². The van der Waals surface area contributed by atoms with Crippen molar-refractivity contribution in [3.63, 3.8) is 0 Å². The number of halogens is 2. The highest BCUT2D eigenvalue weighted by molar-refractivity contribution is 7.89. The van der Waals surface area contributed by atoms with E-state index in [2.05, 4.69) is 20.3 Å². The highest BCUT2D eigenvalue weighted by Crippen LogP contribution is 2.37. The summed E-state index contributed by atoms with van der Waals surface area (Å²) in [5, 5.41) is 12.8. The van der Waals surface area contributed by atoms with Crippen LogP contribution in [0, 0.1) is 11.7 Å². The second kappa shape index (κ2) is 10.9. The molecule has 2 fully saturated rings. The molecule has 192 valence electrons. The average Bonchev–Trinajstić information content (AvgIpc) is 3.21. The molecule has 9 nitrogen and oxygen atoms in total. The number of aliphatic hydroxyl groups is 1. The molecule has 4 rings (SSSR count). The van der Waals surface area contributed by atoms with Gasteiger partial charge in [0.25, 0.3) is 0 Å². The number of nitrogens with zero attached hydrogens (tertiary/aromatic N) is 3. The number of amides is 1. The van der Waals surface area contributed by atoms with Crippen LogP contribution >= 0.6 is 11.6 Å². The third-order valence-electron chi connectivity index (χ3n) is 6.94. The summed E-state index contributed by atoms with van der Waals surface area (Å²) >= 11 is 6.39. The Hall–Kier alpha value is -2.08. The van der Waals surface area contributed by atoms with Crippen molar-refractivity contribution in [2.24, 2.45) is 5.92 Å². The Morgan fingerprint density at radius 3 is 2.69 bits per heavy atom. The smallest absolute Gasteiger partial charge is 0.221 e. The van der Waals surface area contributed by atoms with Crippen LogP contribution in [-0.4, -0.2) is 69.7 Å². The Morgan fingerprint density at radius 2 is 2.03 bits per heavy atom. The molecule has 1 amide bonds. The van der Waals surface area contributed by atoms with E-state index in [1.807, 2.05) is 6.92 Å². The second-order valence-electron chi connectivity index (χ2n) is 9.52. The molecular weight excluding hydrogens is 497 g/mol. The highest BCUT2D eigenvalue weighted by Gasteiger charge is 2.35. The first kappa shape index (κ1) is 26.0. The van der Waals surface area contributed by atoms with Gasteiger partial charge < -0.3 is 15.4 Å². The number of H-pyrrole nitrogens is 1. The number of pyridine rings is 1. The van der Waals surface area contributed by atoms with E-state index in [4.69, 9.17) is 11.6 Å². The first-order chi connectivity index (χ1) is 16.6. The van der Waals surface area contributed by atoms with Crippen LogP contribution in [0.15, 0.2) is 18.3 Å². The van der Waals surface area contributed by atoms with Crippen molar-refractivity contribution < 1.29 is 22.7 Å². The number of aromatic nitrogens is 3. The Kier molecular flexibility index (Phi) is 8.09. The number of aliphatic hydroxyl groups excluding tert-OH is 1. The monoisotopic (exact) mass is 527 g/mol. The number of hydrogen-bond donors (Lipinski definition) is 3. The van der Waals surface area contributed by atoms with Gasteiger partial charge in [-0.3, -0.25) is 4.79 Å². The quantitative estimate of drug-likeness (QED) is 0.508. The minimum atomic E-state index is -3.59. The van der Waals surface area contributed by atoms with Gasteiger partial charge in [0.15, 0.2) is 11.0 Å². The van der Waals surface area contributed by atoms with E-state index in [1.54, 1.807) is 0 Å². The molecule has 35 heavy (non-hydrogen) atoms. The van der Waals surface area contributed by atoms with Crippen LogP contribution in [0.5, 0.6) is 0 Å². The molecule has 0 bridgehead atoms. The number of sulfonamides is 1. The summed E-state index contributed by atoms with van der Waals surface area (Å²) in [6.07, 6.45) is 3.98. The number of carbonyl (C=O) groups excluding carboxylic acids is 1. The van der Waals surface area contributed by atoms with E-state index in [0.29, 0.717) is 67.6 Å². The van der Waals surface area contributed by atoms with Crippen LogP contribution in [-0.2, 0) is 14.8 Å². The predicted molar refractivity (Wildman–Crippen MR) is 130 cm³/mol. The number of rotatable bonds is 7. The van der Waals surface area contributed by atoms with Crippen molar-refractivity contribution in [1.82, 2.24) is 24.6 Å². The van der Waals surface area contributed by atoms with Crippen LogP contribution in [0.25, 0.3) is 11.5 Å². The van der Waals surface area contributed by atoms with Crippen molar-refractivity contribution in [3.8, 4) is 11.5 Å². The van der Waals surface area contributed by atoms with Crippen LogP contribution in [0.3, 0.4) is 0 Å². The Balaban J connectivity index is 1.32. The van der Waals surface area contributed by atoms with Crippen LogP contribution < -0.4 is 5.32 Å². The largest absolute Gasteiger partial charge is 0.393 e. The summed E-state index contributed by atoms with van der Waals surface area (Å²) < 4.78 is 40.5. The van der Waals surface area contributed by atoms with Crippen LogP contribution in [0.1, 0.15) is 57.1 Å². The fourth-order valence-electron chi connectivity index (χ4n) is 4.91. The first-order valence-corrected chi connectivity index (χ1v) is 13.9. The molecule has 3 heterocycles. The predicted octanol–water partition coefficient (Wildman–Crippen LogP) is 2.83. The molecule has 2 atom stereocenters. The van der Waals surface area contributed by atoms with Crippen molar-refractivity contribution >= 4 is 27.5 Å². The number of hydrogen-bond acceptors (Lipinski definition) is 6. The summed E-state index contributed by atoms with van der Waals surface area (Å²) in [6, 6.07) is 2.81. The van der Waals surface area contributed by atoms with Gasteiger partial charge in [-0.1, -0.05) is 18.5 Å². The number of nitrogens with one attached hydrogen (secondary N) is 2. The third-order valence-corrected chi connectivity index (χ3v) is 9.06. The number of piperidine rings is 1. The zero-order chi connectivity index (χ0) is 25.2. The summed E-state index contributed by atoms with van der Waals surface area (Å²) in [7, 11) is -3.59. The zero-order valence-corrected chi connectivity index (χ0v) is 21.2. The summed E-state index contributed by atoms with van der Waals surface area (Å²) in [6.45, 7) is 2.59. The van der Waals surface area contributed by atoms with Crippen molar-refractivity contribution in [3.05, 3.63) is 35.0 Å². The number of aromatic amines is 1. The fraction of sp³-hybridized carbons (Fsp3) is 0.609. The van der Waals surface area contributed by atoms with Gasteiger partial charge in [0.05, 0.1) is 23.7 Å². The van der Waals surface area contributed by atoms with Gasteiger partial charge in [0.1, 0.15) is 11.5 Å². The molecule has 1 aliphatic carbocycles. The van der Waals surface area contributed by atoms with Gasteiger partial charge in [0.2, 0.25) is 15.9 Å². The maximum Gasteiger partial charge on any atom is 0.221 e. The molecule has 1 saturated carbocycles. The first-order valence-electron chi connectivity index (χ1n) is 11.9. The Bertz CT molecular complexity index is 1140. The van der Waals surface area contributed by atoms with Gasteiger partial charge in [-0.05, 0) is 50.2 Å². The van der Waals surface area contributed by atoms with Gasteiger partial charge >= 0.3 is 0 Å². The average molecular weight is 528 g/mol. The molecular formula is C23H31ClFN5O4S. The summed E-state index contributed by atoms with van der Waals surface area (Å²) in [5.74, 6) is -0.583. The Morgan fingerprint density at radius 1 is 1.29 bits per heavy atom. The summed E-state index contributed by atoms with van der Waals surface area (Å²) in [5.41, 5.74) is 1.18. The van der Waals surface area contributed by atoms with Crippen molar-refractivity contribution in [2.75, 3.05) is 18.8 Å². The molecule has 2 aromatic rings. The van der Waals surface area contributed by atoms with Crippen molar-refractivity contribution in [2.45, 2.75) is 63.5 Å². The molecule has 0 aromatic carbocycles. The van der Waals surface area contributed by atoms with Gasteiger partial charge in [-0.15, -0.1) is 0 Å². The number of carbonyl (C=O) groups is 1. The molecule has 1 aliphatic heterocycles. The third kappa shape index (κ3) is 6.38. The molecule has 3 N–H and O–H groups in total. The topological polar surface area (TPSA) is 128 Å². The van der Waals surface area contributed by atoms with Gasteiger partial charge in [0, 0.05) is 31.5 Å². The van der Waals surface area contributed by atoms with Crippen molar-refractivity contribution in [1.29, 1.82) is 0 Å². The van der Waals surface area contributed by atoms with E-state index in [9.17, 15) is 22.7 Å². The SMILES string of the molecule is C[C@H]1CN(S(=O)(=O)CCC(=O)NC2CCC(O)CC2)CC[C@H]1c1[nH]c(-c2ccc(F)cn2)nc1Cl. The summed E-state index contributed by atoms with van der Waals surface area (Å²) in [4.78, 5) is 23.8. The zero-order valence-electron chi connectivity index (χ0n) is 19.6. The van der Waals surface area contributed by atoms with E-state index < -0.39 is 15.8 Å². The van der Waals surface area contributed by atoms with E-state index in [1.165, 1.54) is 16.4 Å². The lowest BCUT2D eigenvalue weighted by Gasteiger charge is -2.35. The molecule has 12 heteroatoms. The van der Waals surface area contributed by atoms with Gasteiger partial charge in [-0.25, -0.2) is 27.1 Å². The lowest BCUT2D eigenvalue weighted by molar-refractivity contribution is -0.121. The molecule has 2 aromatic heterocycles. The van der Waals surface area contributed by atoms with Gasteiger partial charge in [-0.2, -0.15) is 0 Å². The van der Waals surface area contributed by atoms with E-state index in [0.717, 1.165) is 6.20 Å². The second-order valence-corrected chi connectivity index (χ2v) is 12.0. The van der Waals surface area contributed by atoms with Crippen LogP contribution in [0.4, 0.5) is 4.39 Å².